The second-order valence-electron chi connectivity index (χ2n) is 7.46. The number of carbonyl (C=O) groups is 3. The number of piperidine rings is 1. The Hall–Kier alpha value is -2.89. The number of amides is 2. The van der Waals surface area contributed by atoms with Gasteiger partial charge in [0, 0.05) is 44.5 Å². The number of ketones is 1. The molecule has 0 N–H and O–H groups in total. The van der Waals surface area contributed by atoms with Crippen LogP contribution >= 0.6 is 0 Å². The predicted octanol–water partition coefficient (Wildman–Crippen LogP) is 1.97. The number of rotatable bonds is 3. The Morgan fingerprint density at radius 1 is 0.926 bits per heavy atom. The summed E-state index contributed by atoms with van der Waals surface area (Å²) in [6.07, 6.45) is 3.57. The van der Waals surface area contributed by atoms with E-state index in [2.05, 4.69) is 0 Å². The molecule has 140 valence electrons. The summed E-state index contributed by atoms with van der Waals surface area (Å²) >= 11 is 0. The normalized spacial score (nSPS) is 21.8. The molecule has 3 saturated heterocycles. The van der Waals surface area contributed by atoms with Crippen LogP contribution in [0.3, 0.4) is 0 Å². The third-order valence-electron chi connectivity index (χ3n) is 5.65. The summed E-state index contributed by atoms with van der Waals surface area (Å²) in [7, 11) is 1.76. The van der Waals surface area contributed by atoms with E-state index in [9.17, 15) is 14.4 Å². The third-order valence-corrected chi connectivity index (χ3v) is 5.65. The van der Waals surface area contributed by atoms with Crippen LogP contribution < -0.4 is 0 Å². The lowest BCUT2D eigenvalue weighted by Crippen LogP contribution is -2.50. The SMILES string of the molecule is Cn1cccc1C(=O)C(=O)N1C[C@H]2CC[C@@H]1CN(C(=O)c1ccccc1)C2. The van der Waals surface area contributed by atoms with Gasteiger partial charge in [0.2, 0.25) is 0 Å². The lowest BCUT2D eigenvalue weighted by molar-refractivity contribution is -0.130. The van der Waals surface area contributed by atoms with E-state index >= 15 is 0 Å². The molecule has 0 radical (unpaired) electrons. The van der Waals surface area contributed by atoms with Crippen molar-refractivity contribution in [2.24, 2.45) is 13.0 Å². The van der Waals surface area contributed by atoms with Gasteiger partial charge in [-0.3, -0.25) is 14.4 Å². The molecule has 2 aromatic rings. The summed E-state index contributed by atoms with van der Waals surface area (Å²) < 4.78 is 1.67. The maximum Gasteiger partial charge on any atom is 0.296 e. The first-order valence-electron chi connectivity index (χ1n) is 9.35. The smallest absolute Gasteiger partial charge is 0.296 e. The molecule has 0 aliphatic carbocycles. The predicted molar refractivity (Wildman–Crippen MR) is 100 cm³/mol. The molecule has 3 aliphatic rings. The van der Waals surface area contributed by atoms with Crippen molar-refractivity contribution >= 4 is 17.6 Å². The van der Waals surface area contributed by atoms with E-state index in [1.54, 1.807) is 34.8 Å². The Kier molecular flexibility index (Phi) is 4.56. The van der Waals surface area contributed by atoms with E-state index < -0.39 is 11.7 Å². The van der Waals surface area contributed by atoms with Crippen LogP contribution in [0.2, 0.25) is 0 Å². The molecule has 2 amide bonds. The Morgan fingerprint density at radius 3 is 2.41 bits per heavy atom. The number of hydrogen-bond acceptors (Lipinski definition) is 3. The zero-order valence-corrected chi connectivity index (χ0v) is 15.4. The molecule has 0 unspecified atom stereocenters. The highest BCUT2D eigenvalue weighted by molar-refractivity contribution is 6.42. The number of nitrogens with zero attached hydrogens (tertiary/aromatic N) is 3. The minimum Gasteiger partial charge on any atom is -0.348 e. The van der Waals surface area contributed by atoms with Crippen LogP contribution in [0.4, 0.5) is 0 Å². The average Bonchev–Trinajstić information content (AvgIpc) is 2.92. The number of aromatic nitrogens is 1. The van der Waals surface area contributed by atoms with E-state index in [4.69, 9.17) is 0 Å². The van der Waals surface area contributed by atoms with Gasteiger partial charge in [0.25, 0.3) is 17.6 Å². The summed E-state index contributed by atoms with van der Waals surface area (Å²) in [6.45, 7) is 1.65. The number of fused-ring (bicyclic) bond motifs is 4. The summed E-state index contributed by atoms with van der Waals surface area (Å²) in [6, 6.07) is 12.6. The number of benzene rings is 1. The Balaban J connectivity index is 1.53. The third kappa shape index (κ3) is 3.27. The number of aryl methyl sites for hydroxylation is 1. The standard InChI is InChI=1S/C21H23N3O3/c1-22-11-5-8-18(22)19(25)21(27)24-13-15-9-10-17(24)14-23(12-15)20(26)16-6-3-2-4-7-16/h2-8,11,15,17H,9-10,12-14H2,1H3/t15-,17+/m0/s1. The molecular weight excluding hydrogens is 342 g/mol. The molecule has 3 aliphatic heterocycles. The molecule has 27 heavy (non-hydrogen) atoms. The lowest BCUT2D eigenvalue weighted by Gasteiger charge is -2.35. The van der Waals surface area contributed by atoms with Crippen LogP contribution in [0.1, 0.15) is 33.7 Å². The van der Waals surface area contributed by atoms with Crippen LogP contribution in [-0.4, -0.2) is 57.6 Å². The first-order chi connectivity index (χ1) is 13.0. The van der Waals surface area contributed by atoms with Gasteiger partial charge in [-0.15, -0.1) is 0 Å². The molecule has 1 aromatic heterocycles. The van der Waals surface area contributed by atoms with Gasteiger partial charge in [0.05, 0.1) is 5.69 Å². The Morgan fingerprint density at radius 2 is 1.70 bits per heavy atom. The second kappa shape index (κ2) is 7.02. The number of hydrogen-bond donors (Lipinski definition) is 0. The van der Waals surface area contributed by atoms with Gasteiger partial charge in [-0.25, -0.2) is 0 Å². The highest BCUT2D eigenvalue weighted by atomic mass is 16.2. The van der Waals surface area contributed by atoms with Crippen LogP contribution in [0, 0.1) is 5.92 Å². The highest BCUT2D eigenvalue weighted by Crippen LogP contribution is 2.29. The van der Waals surface area contributed by atoms with Crippen molar-refractivity contribution < 1.29 is 14.4 Å². The van der Waals surface area contributed by atoms with Crippen molar-refractivity contribution in [1.29, 1.82) is 0 Å². The van der Waals surface area contributed by atoms with E-state index in [0.29, 0.717) is 30.9 Å². The van der Waals surface area contributed by atoms with Crippen LogP contribution in [-0.2, 0) is 11.8 Å². The van der Waals surface area contributed by atoms with Crippen molar-refractivity contribution in [2.75, 3.05) is 19.6 Å². The van der Waals surface area contributed by atoms with E-state index in [0.717, 1.165) is 12.8 Å². The highest BCUT2D eigenvalue weighted by Gasteiger charge is 2.40. The molecule has 0 spiro atoms. The fourth-order valence-corrected chi connectivity index (χ4v) is 4.20. The van der Waals surface area contributed by atoms with Crippen molar-refractivity contribution in [2.45, 2.75) is 18.9 Å². The maximum absolute atomic E-state index is 12.9. The molecule has 6 heteroatoms. The summed E-state index contributed by atoms with van der Waals surface area (Å²) in [5, 5.41) is 0. The number of carbonyl (C=O) groups excluding carboxylic acids is 3. The van der Waals surface area contributed by atoms with Gasteiger partial charge in [0.15, 0.2) is 0 Å². The van der Waals surface area contributed by atoms with Gasteiger partial charge in [-0.05, 0) is 43.0 Å². The van der Waals surface area contributed by atoms with Crippen LogP contribution in [0.25, 0.3) is 0 Å². The van der Waals surface area contributed by atoms with Gasteiger partial charge in [0.1, 0.15) is 0 Å². The molecule has 6 nitrogen and oxygen atoms in total. The van der Waals surface area contributed by atoms with Gasteiger partial charge in [-0.2, -0.15) is 0 Å². The van der Waals surface area contributed by atoms with Crippen molar-refractivity contribution in [3.63, 3.8) is 0 Å². The molecule has 1 aromatic carbocycles. The summed E-state index contributed by atoms with van der Waals surface area (Å²) in [5.74, 6) is -0.728. The van der Waals surface area contributed by atoms with E-state index in [1.165, 1.54) is 0 Å². The first-order valence-corrected chi connectivity index (χ1v) is 9.35. The zero-order valence-electron chi connectivity index (χ0n) is 15.4. The van der Waals surface area contributed by atoms with Crippen molar-refractivity contribution in [3.05, 3.63) is 59.9 Å². The first kappa shape index (κ1) is 17.5. The maximum atomic E-state index is 12.9. The van der Waals surface area contributed by atoms with Gasteiger partial charge < -0.3 is 14.4 Å². The minimum absolute atomic E-state index is 0.00411. The molecule has 3 fully saturated rings. The van der Waals surface area contributed by atoms with Gasteiger partial charge in [-0.1, -0.05) is 18.2 Å². The fourth-order valence-electron chi connectivity index (χ4n) is 4.20. The van der Waals surface area contributed by atoms with Crippen LogP contribution in [0.5, 0.6) is 0 Å². The lowest BCUT2D eigenvalue weighted by atomic mass is 9.94. The summed E-state index contributed by atoms with van der Waals surface area (Å²) in [5.41, 5.74) is 1.06. The second-order valence-corrected chi connectivity index (χ2v) is 7.46. The molecule has 2 atom stereocenters. The van der Waals surface area contributed by atoms with E-state index in [-0.39, 0.29) is 17.9 Å². The Labute approximate surface area is 158 Å². The van der Waals surface area contributed by atoms with Crippen molar-refractivity contribution in [1.82, 2.24) is 14.4 Å². The number of Topliss-reactive ketones (excluding diaryl/α,β-unsaturated/α-hetero) is 1. The molecule has 4 heterocycles. The largest absolute Gasteiger partial charge is 0.348 e. The van der Waals surface area contributed by atoms with Crippen LogP contribution in [0.15, 0.2) is 48.7 Å². The van der Waals surface area contributed by atoms with Gasteiger partial charge >= 0.3 is 0 Å². The topological polar surface area (TPSA) is 62.6 Å². The Bertz CT molecular complexity index is 874. The monoisotopic (exact) mass is 365 g/mol. The quantitative estimate of drug-likeness (QED) is 0.617. The molecule has 5 rings (SSSR count). The minimum atomic E-state index is -0.476. The molecule has 0 saturated carbocycles. The van der Waals surface area contributed by atoms with E-state index in [1.807, 2.05) is 35.2 Å². The van der Waals surface area contributed by atoms with Crippen molar-refractivity contribution in [3.8, 4) is 0 Å². The fraction of sp³-hybridized carbons (Fsp3) is 0.381. The molecule has 2 bridgehead atoms. The summed E-state index contributed by atoms with van der Waals surface area (Å²) in [4.78, 5) is 42.0. The average molecular weight is 365 g/mol. The zero-order chi connectivity index (χ0) is 19.0. The molecular formula is C21H23N3O3.